The summed E-state index contributed by atoms with van der Waals surface area (Å²) in [5.41, 5.74) is 0.941. The van der Waals surface area contributed by atoms with E-state index in [2.05, 4.69) is 15.5 Å². The molecule has 0 aliphatic heterocycles. The molecular formula is C20H18N4O6S. The first-order chi connectivity index (χ1) is 14.7. The third-order valence-corrected chi connectivity index (χ3v) is 6.37. The van der Waals surface area contributed by atoms with E-state index < -0.39 is 25.9 Å². The lowest BCUT2D eigenvalue weighted by Crippen LogP contribution is -2.13. The first kappa shape index (κ1) is 21.8. The van der Waals surface area contributed by atoms with Crippen molar-refractivity contribution < 1.29 is 22.6 Å². The Bertz CT molecular complexity index is 1250. The average molecular weight is 442 g/mol. The van der Waals surface area contributed by atoms with Crippen LogP contribution in [-0.4, -0.2) is 34.7 Å². The highest BCUT2D eigenvalue weighted by Crippen LogP contribution is 2.24. The van der Waals surface area contributed by atoms with E-state index in [1.807, 2.05) is 0 Å². The standard InChI is InChI=1S/C20H18N4O6S/c1-13(2)31(28,29)17-5-3-4-15(12-17)19-22-23-20(30-19)21-18(25)11-8-14-6-9-16(10-7-14)24(26)27/h3-13H,1-2H3,(H,21,23,25)/b11-8-. The topological polar surface area (TPSA) is 145 Å². The molecule has 31 heavy (non-hydrogen) atoms. The number of carbonyl (C=O) groups excluding carboxylic acids is 1. The van der Waals surface area contributed by atoms with Crippen LogP contribution in [-0.2, 0) is 14.6 Å². The van der Waals surface area contributed by atoms with Crippen molar-refractivity contribution >= 4 is 33.5 Å². The largest absolute Gasteiger partial charge is 0.403 e. The van der Waals surface area contributed by atoms with E-state index in [9.17, 15) is 23.3 Å². The smallest absolute Gasteiger partial charge is 0.322 e. The van der Waals surface area contributed by atoms with Gasteiger partial charge in [-0.25, -0.2) is 8.42 Å². The Labute approximate surface area is 177 Å². The van der Waals surface area contributed by atoms with Gasteiger partial charge in [-0.05, 0) is 55.8 Å². The van der Waals surface area contributed by atoms with Crippen LogP contribution >= 0.6 is 0 Å². The predicted molar refractivity (Wildman–Crippen MR) is 113 cm³/mol. The lowest BCUT2D eigenvalue weighted by Gasteiger charge is -2.08. The number of carbonyl (C=O) groups is 1. The number of nitrogens with one attached hydrogen (secondary N) is 1. The molecule has 1 heterocycles. The van der Waals surface area contributed by atoms with Gasteiger partial charge in [-0.2, -0.15) is 0 Å². The fourth-order valence-corrected chi connectivity index (χ4v) is 3.60. The maximum Gasteiger partial charge on any atom is 0.322 e. The fraction of sp³-hybridized carbons (Fsp3) is 0.150. The molecule has 0 aliphatic carbocycles. The van der Waals surface area contributed by atoms with Crippen molar-refractivity contribution in [3.63, 3.8) is 0 Å². The van der Waals surface area contributed by atoms with Crippen LogP contribution in [0.1, 0.15) is 19.4 Å². The molecule has 0 spiro atoms. The van der Waals surface area contributed by atoms with Crippen molar-refractivity contribution in [1.29, 1.82) is 0 Å². The van der Waals surface area contributed by atoms with Gasteiger partial charge in [-0.1, -0.05) is 11.2 Å². The molecule has 1 amide bonds. The van der Waals surface area contributed by atoms with Gasteiger partial charge in [0.15, 0.2) is 9.84 Å². The summed E-state index contributed by atoms with van der Waals surface area (Å²) >= 11 is 0. The number of hydrogen-bond acceptors (Lipinski definition) is 8. The molecule has 0 saturated carbocycles. The Morgan fingerprint density at radius 3 is 2.52 bits per heavy atom. The zero-order valence-corrected chi connectivity index (χ0v) is 17.4. The van der Waals surface area contributed by atoms with E-state index in [1.54, 1.807) is 26.0 Å². The number of benzene rings is 2. The van der Waals surface area contributed by atoms with Gasteiger partial charge in [0.05, 0.1) is 15.1 Å². The van der Waals surface area contributed by atoms with E-state index in [-0.39, 0.29) is 22.5 Å². The molecule has 1 aromatic heterocycles. The maximum absolute atomic E-state index is 12.3. The number of anilines is 1. The van der Waals surface area contributed by atoms with Crippen LogP contribution in [0.25, 0.3) is 17.5 Å². The second-order valence-electron chi connectivity index (χ2n) is 6.71. The van der Waals surface area contributed by atoms with Crippen LogP contribution in [0.2, 0.25) is 0 Å². The lowest BCUT2D eigenvalue weighted by molar-refractivity contribution is -0.384. The number of rotatable bonds is 7. The minimum absolute atomic E-state index is 0.0507. The van der Waals surface area contributed by atoms with E-state index in [0.717, 1.165) is 0 Å². The number of nitrogens with zero attached hydrogens (tertiary/aromatic N) is 3. The summed E-state index contributed by atoms with van der Waals surface area (Å²) in [6, 6.07) is 11.6. The summed E-state index contributed by atoms with van der Waals surface area (Å²) in [7, 11) is -3.47. The number of nitro groups is 1. The molecule has 3 aromatic rings. The van der Waals surface area contributed by atoms with Gasteiger partial charge < -0.3 is 4.42 Å². The summed E-state index contributed by atoms with van der Waals surface area (Å²) in [4.78, 5) is 22.3. The lowest BCUT2D eigenvalue weighted by atomic mass is 10.2. The summed E-state index contributed by atoms with van der Waals surface area (Å²) < 4.78 is 30.1. The Hall–Kier alpha value is -3.86. The minimum Gasteiger partial charge on any atom is -0.403 e. The minimum atomic E-state index is -3.47. The molecule has 160 valence electrons. The van der Waals surface area contributed by atoms with E-state index >= 15 is 0 Å². The number of non-ortho nitro benzene ring substituents is 1. The molecule has 0 fully saturated rings. The first-order valence-electron chi connectivity index (χ1n) is 9.08. The molecule has 11 heteroatoms. The van der Waals surface area contributed by atoms with E-state index in [1.165, 1.54) is 48.6 Å². The SMILES string of the molecule is CC(C)S(=O)(=O)c1cccc(-c2nnc(NC(=O)/C=C\c3ccc([N+](=O)[O-])cc3)o2)c1. The molecule has 10 nitrogen and oxygen atoms in total. The third-order valence-electron chi connectivity index (χ3n) is 4.22. The highest BCUT2D eigenvalue weighted by atomic mass is 32.2. The van der Waals surface area contributed by atoms with Crippen molar-refractivity contribution in [3.8, 4) is 11.5 Å². The molecule has 0 atom stereocenters. The molecule has 2 aromatic carbocycles. The summed E-state index contributed by atoms with van der Waals surface area (Å²) in [6.45, 7) is 3.18. The molecule has 1 N–H and O–H groups in total. The molecule has 0 radical (unpaired) electrons. The van der Waals surface area contributed by atoms with Gasteiger partial charge in [-0.15, -0.1) is 5.10 Å². The van der Waals surface area contributed by atoms with Crippen molar-refractivity contribution in [2.45, 2.75) is 24.0 Å². The van der Waals surface area contributed by atoms with Gasteiger partial charge in [0.25, 0.3) is 11.6 Å². The number of nitro benzene ring substituents is 1. The second kappa shape index (κ2) is 8.88. The van der Waals surface area contributed by atoms with Crippen molar-refractivity contribution in [2.24, 2.45) is 0 Å². The normalized spacial score (nSPS) is 11.7. The highest BCUT2D eigenvalue weighted by molar-refractivity contribution is 7.92. The maximum atomic E-state index is 12.3. The Balaban J connectivity index is 1.70. The number of aromatic nitrogens is 2. The molecule has 0 aliphatic rings. The van der Waals surface area contributed by atoms with Crippen molar-refractivity contribution in [1.82, 2.24) is 10.2 Å². The molecule has 3 rings (SSSR count). The average Bonchev–Trinajstić information content (AvgIpc) is 3.21. The van der Waals surface area contributed by atoms with Crippen molar-refractivity contribution in [3.05, 3.63) is 70.3 Å². The summed E-state index contributed by atoms with van der Waals surface area (Å²) in [5.74, 6) is -0.500. The van der Waals surface area contributed by atoms with Crippen LogP contribution in [0.4, 0.5) is 11.7 Å². The van der Waals surface area contributed by atoms with Gasteiger partial charge in [0.2, 0.25) is 5.89 Å². The number of sulfone groups is 1. The van der Waals surface area contributed by atoms with Crippen LogP contribution in [0.5, 0.6) is 0 Å². The van der Waals surface area contributed by atoms with Crippen LogP contribution in [0.15, 0.2) is 63.9 Å². The fourth-order valence-electron chi connectivity index (χ4n) is 2.49. The van der Waals surface area contributed by atoms with Gasteiger partial charge >= 0.3 is 6.01 Å². The quantitative estimate of drug-likeness (QED) is 0.332. The Morgan fingerprint density at radius 2 is 1.87 bits per heavy atom. The molecule has 0 unspecified atom stereocenters. The van der Waals surface area contributed by atoms with Gasteiger partial charge in [-0.3, -0.25) is 20.2 Å². The van der Waals surface area contributed by atoms with Crippen LogP contribution in [0.3, 0.4) is 0 Å². The summed E-state index contributed by atoms with van der Waals surface area (Å²) in [6.07, 6.45) is 2.68. The third kappa shape index (κ3) is 5.20. The highest BCUT2D eigenvalue weighted by Gasteiger charge is 2.20. The molecular weight excluding hydrogens is 424 g/mol. The Morgan fingerprint density at radius 1 is 1.16 bits per heavy atom. The monoisotopic (exact) mass is 442 g/mol. The van der Waals surface area contributed by atoms with Gasteiger partial charge in [0, 0.05) is 23.8 Å². The Kier molecular flexibility index (Phi) is 6.25. The first-order valence-corrected chi connectivity index (χ1v) is 10.6. The van der Waals surface area contributed by atoms with Crippen LogP contribution < -0.4 is 5.32 Å². The van der Waals surface area contributed by atoms with E-state index in [4.69, 9.17) is 4.42 Å². The predicted octanol–water partition coefficient (Wildman–Crippen LogP) is 3.48. The van der Waals surface area contributed by atoms with E-state index in [0.29, 0.717) is 11.1 Å². The summed E-state index contributed by atoms with van der Waals surface area (Å²) in [5, 5.41) is 20.1. The van der Waals surface area contributed by atoms with Crippen molar-refractivity contribution in [2.75, 3.05) is 5.32 Å². The second-order valence-corrected chi connectivity index (χ2v) is 9.21. The number of amides is 1. The zero-order valence-electron chi connectivity index (χ0n) is 16.6. The van der Waals surface area contributed by atoms with Gasteiger partial charge in [0.1, 0.15) is 0 Å². The molecule has 0 bridgehead atoms. The van der Waals surface area contributed by atoms with Crippen LogP contribution in [0, 0.1) is 10.1 Å². The zero-order chi connectivity index (χ0) is 22.6. The number of hydrogen-bond donors (Lipinski definition) is 1. The molecule has 0 saturated heterocycles.